The Labute approximate surface area is 107 Å². The van der Waals surface area contributed by atoms with Crippen molar-refractivity contribution >= 4 is 11.6 Å². The van der Waals surface area contributed by atoms with Crippen LogP contribution in [0.4, 0.5) is 13.2 Å². The highest BCUT2D eigenvalue weighted by atomic mass is 19.4. The maximum absolute atomic E-state index is 12.1. The zero-order chi connectivity index (χ0) is 14.6. The first kappa shape index (κ1) is 14.7. The van der Waals surface area contributed by atoms with Gasteiger partial charge in [-0.25, -0.2) is 0 Å². The molecule has 0 spiro atoms. The molecule has 19 heavy (non-hydrogen) atoms. The standard InChI is InChI=1S/C12H11F3N2O2/c1-17-11(19)8-4-2-7(3-5-8)9(16)6-10(18)12(13,14)15/h2-6,16,18H,1H3,(H,17,19)/b10-6-,16-9?. The van der Waals surface area contributed by atoms with Crippen LogP contribution < -0.4 is 5.32 Å². The lowest BCUT2D eigenvalue weighted by molar-refractivity contribution is -0.120. The molecule has 0 unspecified atom stereocenters. The SMILES string of the molecule is CNC(=O)c1ccc(C(=N)/C=C(\O)C(F)(F)F)cc1. The molecule has 0 aliphatic carbocycles. The largest absolute Gasteiger partial charge is 0.504 e. The van der Waals surface area contributed by atoms with E-state index in [0.717, 1.165) is 0 Å². The van der Waals surface area contributed by atoms with E-state index in [1.807, 2.05) is 0 Å². The van der Waals surface area contributed by atoms with Crippen molar-refractivity contribution in [1.29, 1.82) is 5.41 Å². The van der Waals surface area contributed by atoms with Crippen molar-refractivity contribution in [2.45, 2.75) is 6.18 Å². The van der Waals surface area contributed by atoms with Gasteiger partial charge in [0.1, 0.15) is 0 Å². The van der Waals surface area contributed by atoms with E-state index in [1.165, 1.54) is 31.3 Å². The number of rotatable bonds is 3. The molecule has 0 heterocycles. The number of carbonyl (C=O) groups is 1. The van der Waals surface area contributed by atoms with Crippen LogP contribution in [0.15, 0.2) is 36.1 Å². The third kappa shape index (κ3) is 3.84. The molecule has 4 nitrogen and oxygen atoms in total. The van der Waals surface area contributed by atoms with Gasteiger partial charge in [-0.3, -0.25) is 4.79 Å². The average Bonchev–Trinajstić information content (AvgIpc) is 2.36. The number of benzene rings is 1. The van der Waals surface area contributed by atoms with Gasteiger partial charge in [-0.1, -0.05) is 12.1 Å². The van der Waals surface area contributed by atoms with Crippen molar-refractivity contribution in [3.63, 3.8) is 0 Å². The minimum absolute atomic E-state index is 0.156. The molecule has 1 amide bonds. The Morgan fingerprint density at radius 3 is 2.16 bits per heavy atom. The number of aliphatic hydroxyl groups excluding tert-OH is 1. The van der Waals surface area contributed by atoms with E-state index in [4.69, 9.17) is 10.5 Å². The molecule has 0 saturated heterocycles. The van der Waals surface area contributed by atoms with Crippen LogP contribution in [0.25, 0.3) is 0 Å². The third-order valence-corrected chi connectivity index (χ3v) is 2.26. The molecule has 0 bridgehead atoms. The summed E-state index contributed by atoms with van der Waals surface area (Å²) in [6.07, 6.45) is -4.57. The average molecular weight is 272 g/mol. The molecular formula is C12H11F3N2O2. The molecule has 0 aliphatic heterocycles. The van der Waals surface area contributed by atoms with Gasteiger partial charge >= 0.3 is 6.18 Å². The summed E-state index contributed by atoms with van der Waals surface area (Å²) in [5, 5.41) is 18.5. The zero-order valence-corrected chi connectivity index (χ0v) is 9.88. The highest BCUT2D eigenvalue weighted by Gasteiger charge is 2.33. The summed E-state index contributed by atoms with van der Waals surface area (Å²) in [5.74, 6) is -2.18. The second kappa shape index (κ2) is 5.55. The molecule has 0 atom stereocenters. The Bertz CT molecular complexity index is 519. The molecule has 0 aromatic heterocycles. The molecule has 0 fully saturated rings. The number of halogens is 3. The first-order chi connectivity index (χ1) is 8.75. The third-order valence-electron chi connectivity index (χ3n) is 2.26. The number of alkyl halides is 3. The predicted octanol–water partition coefficient (Wildman–Crippen LogP) is 2.42. The van der Waals surface area contributed by atoms with Crippen LogP contribution in [0.2, 0.25) is 0 Å². The van der Waals surface area contributed by atoms with Gasteiger partial charge in [-0.15, -0.1) is 0 Å². The molecule has 1 aromatic rings. The van der Waals surface area contributed by atoms with Crippen molar-refractivity contribution < 1.29 is 23.1 Å². The van der Waals surface area contributed by atoms with Crippen LogP contribution in [0.3, 0.4) is 0 Å². The van der Waals surface area contributed by atoms with Crippen LogP contribution >= 0.6 is 0 Å². The minimum atomic E-state index is -4.88. The summed E-state index contributed by atoms with van der Waals surface area (Å²) in [6.45, 7) is 0. The topological polar surface area (TPSA) is 73.2 Å². The molecule has 7 heteroatoms. The fourth-order valence-electron chi connectivity index (χ4n) is 1.25. The molecule has 1 aromatic carbocycles. The Balaban J connectivity index is 2.94. The summed E-state index contributed by atoms with van der Waals surface area (Å²) >= 11 is 0. The van der Waals surface area contributed by atoms with Gasteiger partial charge in [0.15, 0.2) is 5.76 Å². The highest BCUT2D eigenvalue weighted by molar-refractivity contribution is 6.07. The second-order valence-corrected chi connectivity index (χ2v) is 3.60. The van der Waals surface area contributed by atoms with Crippen molar-refractivity contribution in [1.82, 2.24) is 5.32 Å². The number of allylic oxidation sites excluding steroid dienone is 2. The lowest BCUT2D eigenvalue weighted by Crippen LogP contribution is -2.17. The van der Waals surface area contributed by atoms with E-state index in [0.29, 0.717) is 11.6 Å². The molecular weight excluding hydrogens is 261 g/mol. The van der Waals surface area contributed by atoms with Gasteiger partial charge in [0.05, 0.1) is 5.71 Å². The minimum Gasteiger partial charge on any atom is -0.504 e. The van der Waals surface area contributed by atoms with E-state index in [2.05, 4.69) is 5.32 Å². The van der Waals surface area contributed by atoms with Crippen molar-refractivity contribution in [3.8, 4) is 0 Å². The Hall–Kier alpha value is -2.31. The lowest BCUT2D eigenvalue weighted by atomic mass is 10.1. The van der Waals surface area contributed by atoms with E-state index >= 15 is 0 Å². The van der Waals surface area contributed by atoms with E-state index in [-0.39, 0.29) is 11.5 Å². The first-order valence-corrected chi connectivity index (χ1v) is 5.14. The first-order valence-electron chi connectivity index (χ1n) is 5.14. The summed E-state index contributed by atoms with van der Waals surface area (Å²) in [4.78, 5) is 11.2. The Morgan fingerprint density at radius 1 is 1.26 bits per heavy atom. The van der Waals surface area contributed by atoms with Gasteiger partial charge in [0.2, 0.25) is 0 Å². The second-order valence-electron chi connectivity index (χ2n) is 3.60. The number of carbonyl (C=O) groups excluding carboxylic acids is 1. The number of nitrogens with one attached hydrogen (secondary N) is 2. The Morgan fingerprint density at radius 2 is 1.74 bits per heavy atom. The molecule has 0 aliphatic rings. The summed E-state index contributed by atoms with van der Waals surface area (Å²) in [6, 6.07) is 5.41. The van der Waals surface area contributed by atoms with E-state index < -0.39 is 17.6 Å². The van der Waals surface area contributed by atoms with Crippen LogP contribution in [-0.4, -0.2) is 29.9 Å². The van der Waals surface area contributed by atoms with Gasteiger partial charge < -0.3 is 15.8 Å². The number of hydrogen-bond acceptors (Lipinski definition) is 3. The van der Waals surface area contributed by atoms with Crippen molar-refractivity contribution in [2.75, 3.05) is 7.05 Å². The number of amides is 1. The monoisotopic (exact) mass is 272 g/mol. The highest BCUT2D eigenvalue weighted by Crippen LogP contribution is 2.23. The smallest absolute Gasteiger partial charge is 0.448 e. The van der Waals surface area contributed by atoms with Gasteiger partial charge in [-0.05, 0) is 17.7 Å². The normalized spacial score (nSPS) is 12.1. The number of hydrogen-bond donors (Lipinski definition) is 3. The molecule has 1 rings (SSSR count). The van der Waals surface area contributed by atoms with Crippen LogP contribution in [0.1, 0.15) is 15.9 Å². The molecule has 0 radical (unpaired) electrons. The predicted molar refractivity (Wildman–Crippen MR) is 63.4 cm³/mol. The maximum Gasteiger partial charge on any atom is 0.448 e. The van der Waals surface area contributed by atoms with E-state index in [9.17, 15) is 18.0 Å². The van der Waals surface area contributed by atoms with Crippen molar-refractivity contribution in [2.24, 2.45) is 0 Å². The lowest BCUT2D eigenvalue weighted by Gasteiger charge is -2.06. The van der Waals surface area contributed by atoms with Crippen LogP contribution in [0, 0.1) is 5.41 Å². The quantitative estimate of drug-likeness (QED) is 0.584. The summed E-state index contributed by atoms with van der Waals surface area (Å²) in [5.41, 5.74) is -0.0233. The molecule has 3 N–H and O–H groups in total. The van der Waals surface area contributed by atoms with Gasteiger partial charge in [0, 0.05) is 18.7 Å². The Kier molecular flexibility index (Phi) is 4.31. The van der Waals surface area contributed by atoms with Crippen LogP contribution in [0.5, 0.6) is 0 Å². The van der Waals surface area contributed by atoms with Crippen LogP contribution in [-0.2, 0) is 0 Å². The maximum atomic E-state index is 12.1. The fourth-order valence-corrected chi connectivity index (χ4v) is 1.25. The van der Waals surface area contributed by atoms with Crippen molar-refractivity contribution in [3.05, 3.63) is 47.2 Å². The van der Waals surface area contributed by atoms with E-state index in [1.54, 1.807) is 0 Å². The molecule has 0 saturated carbocycles. The fraction of sp³-hybridized carbons (Fsp3) is 0.167. The van der Waals surface area contributed by atoms with Gasteiger partial charge in [-0.2, -0.15) is 13.2 Å². The summed E-state index contributed by atoms with van der Waals surface area (Å²) in [7, 11) is 1.45. The summed E-state index contributed by atoms with van der Waals surface area (Å²) < 4.78 is 36.2. The van der Waals surface area contributed by atoms with Gasteiger partial charge in [0.25, 0.3) is 5.91 Å². The molecule has 102 valence electrons. The zero-order valence-electron chi connectivity index (χ0n) is 9.88. The number of aliphatic hydroxyl groups is 1.